The molecule has 7 heteroatoms. The second-order valence-corrected chi connectivity index (χ2v) is 7.21. The second kappa shape index (κ2) is 8.45. The van der Waals surface area contributed by atoms with Crippen LogP contribution in [0.3, 0.4) is 0 Å². The molecule has 7 nitrogen and oxygen atoms in total. The minimum atomic E-state index is -0.895. The molecular weight excluding hydrogens is 370 g/mol. The smallest absolute Gasteiger partial charge is 0.335 e. The number of carboxylic acids is 1. The first kappa shape index (κ1) is 19.1. The molecule has 1 aliphatic heterocycles. The molecule has 3 aromatic rings. The molecule has 1 saturated heterocycles. The van der Waals surface area contributed by atoms with Crippen molar-refractivity contribution in [1.29, 1.82) is 0 Å². The third-order valence-corrected chi connectivity index (χ3v) is 5.31. The number of benzene rings is 2. The molecule has 1 aliphatic rings. The van der Waals surface area contributed by atoms with E-state index in [1.54, 1.807) is 25.3 Å². The minimum Gasteiger partial charge on any atom is -0.496 e. The van der Waals surface area contributed by atoms with Crippen LogP contribution in [0, 0.1) is 0 Å². The van der Waals surface area contributed by atoms with E-state index in [2.05, 4.69) is 15.0 Å². The number of rotatable bonds is 6. The number of para-hydroxylation sites is 1. The molecule has 0 radical (unpaired) electrons. The largest absolute Gasteiger partial charge is 0.496 e. The number of nitrogens with zero attached hydrogens (tertiary/aromatic N) is 3. The van der Waals surface area contributed by atoms with Gasteiger partial charge in [0.1, 0.15) is 5.75 Å². The van der Waals surface area contributed by atoms with Crippen LogP contribution in [0.1, 0.15) is 40.5 Å². The molecule has 0 amide bonds. The third kappa shape index (κ3) is 4.30. The Labute approximate surface area is 168 Å². The fraction of sp³-hybridized carbons (Fsp3) is 0.318. The summed E-state index contributed by atoms with van der Waals surface area (Å²) >= 11 is 0. The van der Waals surface area contributed by atoms with Gasteiger partial charge >= 0.3 is 5.97 Å². The number of likely N-dealkylation sites (tertiary alicyclic amines) is 1. The zero-order valence-electron chi connectivity index (χ0n) is 16.2. The number of methoxy groups -OCH3 is 1. The number of aromatic carboxylic acids is 1. The fourth-order valence-corrected chi connectivity index (χ4v) is 3.74. The van der Waals surface area contributed by atoms with Crippen LogP contribution in [-0.4, -0.2) is 46.3 Å². The van der Waals surface area contributed by atoms with E-state index in [1.807, 2.05) is 30.3 Å². The predicted octanol–water partition coefficient (Wildman–Crippen LogP) is 3.82. The molecule has 1 fully saturated rings. The van der Waals surface area contributed by atoms with E-state index in [9.17, 15) is 4.79 Å². The van der Waals surface area contributed by atoms with Crippen molar-refractivity contribution in [2.45, 2.75) is 25.3 Å². The van der Waals surface area contributed by atoms with Gasteiger partial charge in [-0.2, -0.15) is 4.98 Å². The van der Waals surface area contributed by atoms with Crippen molar-refractivity contribution in [3.63, 3.8) is 0 Å². The van der Waals surface area contributed by atoms with Crippen molar-refractivity contribution >= 4 is 5.97 Å². The van der Waals surface area contributed by atoms with Gasteiger partial charge in [-0.1, -0.05) is 29.4 Å². The van der Waals surface area contributed by atoms with E-state index in [4.69, 9.17) is 14.4 Å². The number of ether oxygens (including phenoxy) is 1. The number of aromatic nitrogens is 2. The molecule has 1 aromatic heterocycles. The molecular formula is C22H23N3O4. The van der Waals surface area contributed by atoms with Gasteiger partial charge in [-0.3, -0.25) is 4.90 Å². The predicted molar refractivity (Wildman–Crippen MR) is 107 cm³/mol. The van der Waals surface area contributed by atoms with E-state index < -0.39 is 5.97 Å². The Hall–Kier alpha value is -3.19. The number of carbonyl (C=O) groups is 1. The van der Waals surface area contributed by atoms with Gasteiger partial charge in [0.2, 0.25) is 0 Å². The van der Waals surface area contributed by atoms with E-state index in [-0.39, 0.29) is 5.92 Å². The zero-order chi connectivity index (χ0) is 20.2. The van der Waals surface area contributed by atoms with Crippen molar-refractivity contribution in [3.05, 3.63) is 65.5 Å². The highest BCUT2D eigenvalue weighted by atomic mass is 16.5. The normalized spacial score (nSPS) is 15.3. The Morgan fingerprint density at radius 2 is 2.00 bits per heavy atom. The van der Waals surface area contributed by atoms with Crippen LogP contribution in [0.15, 0.2) is 53.1 Å². The summed E-state index contributed by atoms with van der Waals surface area (Å²) in [5.74, 6) is 1.28. The lowest BCUT2D eigenvalue weighted by Gasteiger charge is -2.30. The molecule has 0 unspecified atom stereocenters. The Kier molecular flexibility index (Phi) is 5.57. The van der Waals surface area contributed by atoms with Crippen LogP contribution in [0.25, 0.3) is 11.5 Å². The van der Waals surface area contributed by atoms with Crippen LogP contribution >= 0.6 is 0 Å². The van der Waals surface area contributed by atoms with Crippen molar-refractivity contribution in [2.75, 3.05) is 20.2 Å². The lowest BCUT2D eigenvalue weighted by Crippen LogP contribution is -2.32. The number of hydrogen-bond acceptors (Lipinski definition) is 6. The van der Waals surface area contributed by atoms with Crippen LogP contribution < -0.4 is 4.74 Å². The average Bonchev–Trinajstić information content (AvgIpc) is 3.24. The summed E-state index contributed by atoms with van der Waals surface area (Å²) in [4.78, 5) is 18.1. The Morgan fingerprint density at radius 1 is 1.21 bits per heavy atom. The van der Waals surface area contributed by atoms with Gasteiger partial charge in [-0.15, -0.1) is 0 Å². The van der Waals surface area contributed by atoms with Crippen molar-refractivity contribution < 1.29 is 19.2 Å². The Bertz CT molecular complexity index is 993. The second-order valence-electron chi connectivity index (χ2n) is 7.21. The molecule has 0 aliphatic carbocycles. The molecule has 1 N–H and O–H groups in total. The first-order chi connectivity index (χ1) is 14.1. The lowest BCUT2D eigenvalue weighted by molar-refractivity contribution is 0.0696. The highest BCUT2D eigenvalue weighted by Gasteiger charge is 2.25. The molecule has 0 spiro atoms. The van der Waals surface area contributed by atoms with Gasteiger partial charge in [0.25, 0.3) is 5.89 Å². The van der Waals surface area contributed by atoms with E-state index >= 15 is 0 Å². The van der Waals surface area contributed by atoms with Gasteiger partial charge in [0.05, 0.1) is 18.2 Å². The molecule has 0 saturated carbocycles. The SMILES string of the molecule is COc1ccccc1-c1nc(C2CCN(Cc3cccc(C(=O)O)c3)CC2)no1. The van der Waals surface area contributed by atoms with Crippen molar-refractivity contribution in [3.8, 4) is 17.2 Å². The van der Waals surface area contributed by atoms with Crippen LogP contribution in [0.5, 0.6) is 5.75 Å². The van der Waals surface area contributed by atoms with Gasteiger partial charge in [0.15, 0.2) is 5.82 Å². The summed E-state index contributed by atoms with van der Waals surface area (Å²) in [5, 5.41) is 13.4. The summed E-state index contributed by atoms with van der Waals surface area (Å²) in [5.41, 5.74) is 2.14. The fourth-order valence-electron chi connectivity index (χ4n) is 3.74. The standard InChI is InChI=1S/C22H23N3O4/c1-28-19-8-3-2-7-18(19)21-23-20(24-29-21)16-9-11-25(12-10-16)14-15-5-4-6-17(13-15)22(26)27/h2-8,13,16H,9-12,14H2,1H3,(H,26,27). The van der Waals surface area contributed by atoms with Gasteiger partial charge < -0.3 is 14.4 Å². The van der Waals surface area contributed by atoms with E-state index in [1.165, 1.54) is 0 Å². The van der Waals surface area contributed by atoms with Gasteiger partial charge in [-0.05, 0) is 55.8 Å². The first-order valence-electron chi connectivity index (χ1n) is 9.65. The molecule has 150 valence electrons. The van der Waals surface area contributed by atoms with Crippen LogP contribution in [0.2, 0.25) is 0 Å². The molecule has 0 bridgehead atoms. The monoisotopic (exact) mass is 393 g/mol. The Balaban J connectivity index is 1.38. The maximum atomic E-state index is 11.1. The summed E-state index contributed by atoms with van der Waals surface area (Å²) in [6.07, 6.45) is 1.87. The molecule has 0 atom stereocenters. The first-order valence-corrected chi connectivity index (χ1v) is 9.65. The zero-order valence-corrected chi connectivity index (χ0v) is 16.2. The van der Waals surface area contributed by atoms with Crippen LogP contribution in [0.4, 0.5) is 0 Å². The molecule has 2 heterocycles. The average molecular weight is 393 g/mol. The summed E-state index contributed by atoms with van der Waals surface area (Å²) in [6.45, 7) is 2.55. The minimum absolute atomic E-state index is 0.254. The summed E-state index contributed by atoms with van der Waals surface area (Å²) in [7, 11) is 1.62. The number of hydrogen-bond donors (Lipinski definition) is 1. The maximum absolute atomic E-state index is 11.1. The number of carboxylic acid groups (broad SMARTS) is 1. The molecule has 2 aromatic carbocycles. The van der Waals surface area contributed by atoms with Crippen LogP contribution in [-0.2, 0) is 6.54 Å². The third-order valence-electron chi connectivity index (χ3n) is 5.31. The Morgan fingerprint density at radius 3 is 2.76 bits per heavy atom. The highest BCUT2D eigenvalue weighted by molar-refractivity contribution is 5.87. The van der Waals surface area contributed by atoms with Crippen molar-refractivity contribution in [1.82, 2.24) is 15.0 Å². The van der Waals surface area contributed by atoms with Crippen molar-refractivity contribution in [2.24, 2.45) is 0 Å². The summed E-state index contributed by atoms with van der Waals surface area (Å²) in [6, 6.07) is 14.7. The lowest BCUT2D eigenvalue weighted by atomic mass is 9.95. The van der Waals surface area contributed by atoms with Gasteiger partial charge in [0, 0.05) is 12.5 Å². The maximum Gasteiger partial charge on any atom is 0.335 e. The summed E-state index contributed by atoms with van der Waals surface area (Å²) < 4.78 is 10.9. The quantitative estimate of drug-likeness (QED) is 0.681. The number of piperidine rings is 1. The van der Waals surface area contributed by atoms with Gasteiger partial charge in [-0.25, -0.2) is 4.79 Å². The highest BCUT2D eigenvalue weighted by Crippen LogP contribution is 2.32. The van der Waals surface area contributed by atoms with E-state index in [0.29, 0.717) is 17.2 Å². The topological polar surface area (TPSA) is 88.7 Å². The van der Waals surface area contributed by atoms with E-state index in [0.717, 1.165) is 49.4 Å². The molecule has 29 heavy (non-hydrogen) atoms. The molecule has 4 rings (SSSR count).